The van der Waals surface area contributed by atoms with Crippen LogP contribution in [-0.2, 0) is 9.59 Å². The van der Waals surface area contributed by atoms with Crippen molar-refractivity contribution in [1.29, 1.82) is 0 Å². The van der Waals surface area contributed by atoms with E-state index in [1.165, 1.54) is 12.8 Å². The van der Waals surface area contributed by atoms with Crippen LogP contribution in [0.4, 0.5) is 0 Å². The van der Waals surface area contributed by atoms with Crippen molar-refractivity contribution in [1.82, 2.24) is 0 Å². The summed E-state index contributed by atoms with van der Waals surface area (Å²) >= 11 is 0. The fourth-order valence-electron chi connectivity index (χ4n) is 1.87. The maximum Gasteiger partial charge on any atom is 0.317 e. The summed E-state index contributed by atoms with van der Waals surface area (Å²) < 4.78 is 0. The minimum atomic E-state index is -0.968. The van der Waals surface area contributed by atoms with Crippen LogP contribution in [0.5, 0.6) is 0 Å². The Morgan fingerprint density at radius 1 is 1.13 bits per heavy atom. The molecule has 1 aliphatic rings. The third-order valence-electron chi connectivity index (χ3n) is 3.20. The summed E-state index contributed by atoms with van der Waals surface area (Å²) in [4.78, 5) is 22.5. The van der Waals surface area contributed by atoms with Crippen molar-refractivity contribution in [2.45, 2.75) is 58.3 Å². The molecule has 0 aromatic heterocycles. The molecule has 0 aliphatic heterocycles. The molecule has 0 amide bonds. The molecule has 0 aromatic rings. The zero-order valence-electron chi connectivity index (χ0n) is 9.42. The van der Waals surface area contributed by atoms with Crippen LogP contribution in [-0.4, -0.2) is 16.9 Å². The molecule has 3 nitrogen and oxygen atoms in total. The van der Waals surface area contributed by atoms with E-state index in [4.69, 9.17) is 5.11 Å². The highest BCUT2D eigenvalue weighted by Gasteiger charge is 2.55. The van der Waals surface area contributed by atoms with Crippen LogP contribution in [0.3, 0.4) is 0 Å². The minimum absolute atomic E-state index is 0.0495. The molecule has 15 heavy (non-hydrogen) atoms. The van der Waals surface area contributed by atoms with Gasteiger partial charge in [0.15, 0.2) is 0 Å². The molecule has 86 valence electrons. The van der Waals surface area contributed by atoms with Gasteiger partial charge in [-0.2, -0.15) is 0 Å². The molecule has 1 aliphatic carbocycles. The van der Waals surface area contributed by atoms with Gasteiger partial charge in [-0.1, -0.05) is 32.6 Å². The number of carbonyl (C=O) groups is 2. The number of carbonyl (C=O) groups excluding carboxylic acids is 1. The van der Waals surface area contributed by atoms with Gasteiger partial charge in [-0.15, -0.1) is 0 Å². The summed E-state index contributed by atoms with van der Waals surface area (Å²) in [5, 5.41) is 8.89. The predicted molar refractivity (Wildman–Crippen MR) is 57.7 cm³/mol. The molecular formula is C12H20O3. The third kappa shape index (κ3) is 3.05. The number of carboxylic acids is 1. The lowest BCUT2D eigenvalue weighted by Crippen LogP contribution is -2.25. The third-order valence-corrected chi connectivity index (χ3v) is 3.20. The topological polar surface area (TPSA) is 54.4 Å². The highest BCUT2D eigenvalue weighted by Crippen LogP contribution is 2.47. The van der Waals surface area contributed by atoms with E-state index in [2.05, 4.69) is 6.92 Å². The largest absolute Gasteiger partial charge is 0.480 e. The van der Waals surface area contributed by atoms with Gasteiger partial charge in [-0.25, -0.2) is 0 Å². The van der Waals surface area contributed by atoms with Crippen molar-refractivity contribution in [3.8, 4) is 0 Å². The molecule has 0 radical (unpaired) electrons. The van der Waals surface area contributed by atoms with Crippen molar-refractivity contribution >= 4 is 11.8 Å². The molecule has 1 rings (SSSR count). The standard InChI is InChI=1S/C12H20O3/c1-2-3-4-5-6-7-10(13)12(8-9-12)11(14)15/h2-9H2,1H3,(H,14,15). The second kappa shape index (κ2) is 5.29. The number of aliphatic carboxylic acids is 1. The van der Waals surface area contributed by atoms with E-state index in [0.717, 1.165) is 19.3 Å². The van der Waals surface area contributed by atoms with Crippen molar-refractivity contribution in [3.63, 3.8) is 0 Å². The summed E-state index contributed by atoms with van der Waals surface area (Å²) in [6.45, 7) is 2.15. The molecule has 1 N–H and O–H groups in total. The molecular weight excluding hydrogens is 192 g/mol. The van der Waals surface area contributed by atoms with Crippen LogP contribution in [0.2, 0.25) is 0 Å². The zero-order chi connectivity index (χ0) is 11.3. The van der Waals surface area contributed by atoms with Crippen molar-refractivity contribution in [2.24, 2.45) is 5.41 Å². The average Bonchev–Trinajstić information content (AvgIpc) is 2.97. The Labute approximate surface area is 90.9 Å². The first-order valence-corrected chi connectivity index (χ1v) is 5.90. The highest BCUT2D eigenvalue weighted by molar-refractivity contribution is 6.05. The molecule has 0 aromatic carbocycles. The van der Waals surface area contributed by atoms with Crippen molar-refractivity contribution < 1.29 is 14.7 Å². The summed E-state index contributed by atoms with van der Waals surface area (Å²) in [6, 6.07) is 0. The fourth-order valence-corrected chi connectivity index (χ4v) is 1.87. The number of unbranched alkanes of at least 4 members (excludes halogenated alkanes) is 4. The SMILES string of the molecule is CCCCCCCC(=O)C1(C(=O)O)CC1. The molecule has 0 atom stereocenters. The lowest BCUT2D eigenvalue weighted by molar-refractivity contribution is -0.148. The summed E-state index contributed by atoms with van der Waals surface area (Å²) in [6.07, 6.45) is 7.01. The van der Waals surface area contributed by atoms with Crippen molar-refractivity contribution in [3.05, 3.63) is 0 Å². The number of rotatable bonds is 8. The van der Waals surface area contributed by atoms with Gasteiger partial charge in [0.1, 0.15) is 11.2 Å². The molecule has 3 heteroatoms. The number of ketones is 1. The number of hydrogen-bond acceptors (Lipinski definition) is 2. The molecule has 1 saturated carbocycles. The summed E-state index contributed by atoms with van der Waals surface area (Å²) in [5.74, 6) is -0.965. The van der Waals surface area contributed by atoms with Crippen LogP contribution in [0.1, 0.15) is 58.3 Å². The van der Waals surface area contributed by atoms with Gasteiger partial charge in [0.25, 0.3) is 0 Å². The Bertz CT molecular complexity index is 241. The average molecular weight is 212 g/mol. The summed E-state index contributed by atoms with van der Waals surface area (Å²) in [5.41, 5.74) is -0.968. The van der Waals surface area contributed by atoms with Gasteiger partial charge in [0.2, 0.25) is 0 Å². The fraction of sp³-hybridized carbons (Fsp3) is 0.833. The van der Waals surface area contributed by atoms with Crippen LogP contribution in [0.15, 0.2) is 0 Å². The number of hydrogen-bond donors (Lipinski definition) is 1. The van der Waals surface area contributed by atoms with E-state index in [-0.39, 0.29) is 5.78 Å². The molecule has 0 saturated heterocycles. The monoisotopic (exact) mass is 212 g/mol. The maximum atomic E-state index is 11.6. The number of carboxylic acid groups (broad SMARTS) is 1. The van der Waals surface area contributed by atoms with E-state index in [9.17, 15) is 9.59 Å². The van der Waals surface area contributed by atoms with Gasteiger partial charge >= 0.3 is 5.97 Å². The van der Waals surface area contributed by atoms with Gasteiger partial charge in [0.05, 0.1) is 0 Å². The Hall–Kier alpha value is -0.860. The van der Waals surface area contributed by atoms with Crippen molar-refractivity contribution in [2.75, 3.05) is 0 Å². The minimum Gasteiger partial charge on any atom is -0.480 e. The van der Waals surface area contributed by atoms with E-state index in [1.807, 2.05) is 0 Å². The normalized spacial score (nSPS) is 17.4. The Balaban J connectivity index is 2.17. The Morgan fingerprint density at radius 3 is 2.20 bits per heavy atom. The second-order valence-corrected chi connectivity index (χ2v) is 4.47. The molecule has 1 fully saturated rings. The zero-order valence-corrected chi connectivity index (χ0v) is 9.42. The molecule has 0 heterocycles. The quantitative estimate of drug-likeness (QED) is 0.497. The first kappa shape index (κ1) is 12.2. The second-order valence-electron chi connectivity index (χ2n) is 4.47. The van der Waals surface area contributed by atoms with Crippen LogP contribution < -0.4 is 0 Å². The van der Waals surface area contributed by atoms with Gasteiger partial charge in [-0.05, 0) is 19.3 Å². The number of Topliss-reactive ketones (excluding diaryl/α,β-unsaturated/α-hetero) is 1. The Kier molecular flexibility index (Phi) is 4.30. The lowest BCUT2D eigenvalue weighted by atomic mass is 9.96. The highest BCUT2D eigenvalue weighted by atomic mass is 16.4. The van der Waals surface area contributed by atoms with Crippen LogP contribution in [0, 0.1) is 5.41 Å². The van der Waals surface area contributed by atoms with Gasteiger partial charge < -0.3 is 5.11 Å². The van der Waals surface area contributed by atoms with E-state index < -0.39 is 11.4 Å². The first-order valence-electron chi connectivity index (χ1n) is 5.90. The molecule has 0 spiro atoms. The molecule has 0 bridgehead atoms. The lowest BCUT2D eigenvalue weighted by Gasteiger charge is -2.07. The van der Waals surface area contributed by atoms with Crippen LogP contribution >= 0.6 is 0 Å². The van der Waals surface area contributed by atoms with E-state index >= 15 is 0 Å². The van der Waals surface area contributed by atoms with Gasteiger partial charge in [-0.3, -0.25) is 9.59 Å². The molecule has 0 unspecified atom stereocenters. The van der Waals surface area contributed by atoms with E-state index in [0.29, 0.717) is 19.3 Å². The van der Waals surface area contributed by atoms with Gasteiger partial charge in [0, 0.05) is 6.42 Å². The van der Waals surface area contributed by atoms with Crippen LogP contribution in [0.25, 0.3) is 0 Å². The van der Waals surface area contributed by atoms with E-state index in [1.54, 1.807) is 0 Å². The first-order chi connectivity index (χ1) is 7.13. The Morgan fingerprint density at radius 2 is 1.73 bits per heavy atom. The predicted octanol–water partition coefficient (Wildman–Crippen LogP) is 2.78. The smallest absolute Gasteiger partial charge is 0.317 e. The summed E-state index contributed by atoms with van der Waals surface area (Å²) in [7, 11) is 0. The maximum absolute atomic E-state index is 11.6.